The van der Waals surface area contributed by atoms with Gasteiger partial charge in [-0.2, -0.15) is 16.7 Å². The van der Waals surface area contributed by atoms with E-state index in [0.717, 1.165) is 17.1 Å². The normalized spacial score (nSPS) is 12.3. The van der Waals surface area contributed by atoms with Crippen LogP contribution in [0.2, 0.25) is 0 Å². The van der Waals surface area contributed by atoms with E-state index in [1.165, 1.54) is 0 Å². The summed E-state index contributed by atoms with van der Waals surface area (Å²) in [4.78, 5) is 4.39. The number of thioether (sulfide) groups is 1. The van der Waals surface area contributed by atoms with Gasteiger partial charge in [0.1, 0.15) is 5.75 Å². The van der Waals surface area contributed by atoms with Crippen LogP contribution in [0, 0.1) is 5.92 Å². The number of hydrogen-bond acceptors (Lipinski definition) is 6. The fourth-order valence-corrected chi connectivity index (χ4v) is 2.53. The molecule has 0 spiro atoms. The molecule has 1 aromatic heterocycles. The van der Waals surface area contributed by atoms with Gasteiger partial charge in [0.15, 0.2) is 0 Å². The van der Waals surface area contributed by atoms with Crippen LogP contribution in [0.5, 0.6) is 5.75 Å². The molecular formula is C14H19N3O2S. The van der Waals surface area contributed by atoms with Gasteiger partial charge in [-0.05, 0) is 42.5 Å². The molecule has 6 heteroatoms. The average molecular weight is 293 g/mol. The molecule has 0 aliphatic carbocycles. The Kier molecular flexibility index (Phi) is 5.43. The fourth-order valence-electron chi connectivity index (χ4n) is 1.59. The monoisotopic (exact) mass is 293 g/mol. The number of rotatable bonds is 7. The zero-order valence-electron chi connectivity index (χ0n) is 11.7. The SMILES string of the molecule is COc1ccc(-c2noc(CSCC(C)CN)n2)cc1. The predicted octanol–water partition coefficient (Wildman–Crippen LogP) is 2.57. The summed E-state index contributed by atoms with van der Waals surface area (Å²) in [6.45, 7) is 2.83. The molecule has 0 bridgehead atoms. The lowest BCUT2D eigenvalue weighted by atomic mass is 10.2. The van der Waals surface area contributed by atoms with Gasteiger partial charge in [0.25, 0.3) is 0 Å². The number of nitrogens with two attached hydrogens (primary N) is 1. The van der Waals surface area contributed by atoms with Crippen molar-refractivity contribution in [1.29, 1.82) is 0 Å². The molecule has 1 aromatic carbocycles. The van der Waals surface area contributed by atoms with Gasteiger partial charge in [0.05, 0.1) is 12.9 Å². The van der Waals surface area contributed by atoms with E-state index in [9.17, 15) is 0 Å². The van der Waals surface area contributed by atoms with Crippen molar-refractivity contribution in [3.63, 3.8) is 0 Å². The molecule has 20 heavy (non-hydrogen) atoms. The summed E-state index contributed by atoms with van der Waals surface area (Å²) in [6.07, 6.45) is 0. The lowest BCUT2D eigenvalue weighted by Crippen LogP contribution is -2.12. The smallest absolute Gasteiger partial charge is 0.236 e. The molecule has 0 fully saturated rings. The van der Waals surface area contributed by atoms with Gasteiger partial charge in [0, 0.05) is 5.56 Å². The summed E-state index contributed by atoms with van der Waals surface area (Å²) in [7, 11) is 1.64. The summed E-state index contributed by atoms with van der Waals surface area (Å²) in [6, 6.07) is 7.58. The lowest BCUT2D eigenvalue weighted by molar-refractivity contribution is 0.391. The Morgan fingerprint density at radius 2 is 2.10 bits per heavy atom. The van der Waals surface area contributed by atoms with Crippen molar-refractivity contribution in [2.24, 2.45) is 11.7 Å². The second kappa shape index (κ2) is 7.31. The van der Waals surface area contributed by atoms with Gasteiger partial charge < -0.3 is 15.0 Å². The van der Waals surface area contributed by atoms with Gasteiger partial charge in [-0.15, -0.1) is 0 Å². The first-order valence-corrected chi connectivity index (χ1v) is 7.63. The third-order valence-electron chi connectivity index (χ3n) is 2.85. The van der Waals surface area contributed by atoms with E-state index in [4.69, 9.17) is 15.0 Å². The van der Waals surface area contributed by atoms with Crippen LogP contribution < -0.4 is 10.5 Å². The van der Waals surface area contributed by atoms with Gasteiger partial charge in [-0.25, -0.2) is 0 Å². The molecule has 0 saturated heterocycles. The van der Waals surface area contributed by atoms with Crippen LogP contribution in [-0.4, -0.2) is 29.5 Å². The predicted molar refractivity (Wildman–Crippen MR) is 80.7 cm³/mol. The van der Waals surface area contributed by atoms with E-state index in [-0.39, 0.29) is 0 Å². The van der Waals surface area contributed by atoms with Gasteiger partial charge >= 0.3 is 0 Å². The third kappa shape index (κ3) is 3.98. The molecule has 108 valence electrons. The first-order valence-electron chi connectivity index (χ1n) is 6.47. The molecule has 2 rings (SSSR count). The maximum atomic E-state index is 5.58. The largest absolute Gasteiger partial charge is 0.497 e. The topological polar surface area (TPSA) is 74.2 Å². The zero-order valence-corrected chi connectivity index (χ0v) is 12.5. The number of aromatic nitrogens is 2. The van der Waals surface area contributed by atoms with Crippen molar-refractivity contribution >= 4 is 11.8 Å². The van der Waals surface area contributed by atoms with Gasteiger partial charge in [0.2, 0.25) is 11.7 Å². The lowest BCUT2D eigenvalue weighted by Gasteiger charge is -2.05. The van der Waals surface area contributed by atoms with Crippen molar-refractivity contribution in [3.05, 3.63) is 30.2 Å². The number of benzene rings is 1. The maximum absolute atomic E-state index is 5.58. The first-order chi connectivity index (χ1) is 9.72. The second-order valence-electron chi connectivity index (χ2n) is 4.60. The second-order valence-corrected chi connectivity index (χ2v) is 5.63. The molecule has 1 heterocycles. The molecule has 0 saturated carbocycles. The van der Waals surface area contributed by atoms with E-state index >= 15 is 0 Å². The summed E-state index contributed by atoms with van der Waals surface area (Å²) >= 11 is 1.76. The molecular weight excluding hydrogens is 274 g/mol. The van der Waals surface area contributed by atoms with Crippen molar-refractivity contribution in [3.8, 4) is 17.1 Å². The van der Waals surface area contributed by atoms with E-state index in [1.807, 2.05) is 24.3 Å². The van der Waals surface area contributed by atoms with Gasteiger partial charge in [-0.1, -0.05) is 12.1 Å². The Bertz CT molecular complexity index is 527. The van der Waals surface area contributed by atoms with Crippen LogP contribution in [0.3, 0.4) is 0 Å². The highest BCUT2D eigenvalue weighted by atomic mass is 32.2. The molecule has 2 aromatic rings. The molecule has 0 aliphatic heterocycles. The molecule has 0 amide bonds. The minimum Gasteiger partial charge on any atom is -0.497 e. The Morgan fingerprint density at radius 1 is 1.35 bits per heavy atom. The Hall–Kier alpha value is -1.53. The van der Waals surface area contributed by atoms with Crippen LogP contribution in [-0.2, 0) is 5.75 Å². The van der Waals surface area contributed by atoms with Crippen molar-refractivity contribution in [2.45, 2.75) is 12.7 Å². The van der Waals surface area contributed by atoms with Crippen molar-refractivity contribution in [1.82, 2.24) is 10.1 Å². The van der Waals surface area contributed by atoms with Crippen LogP contribution in [0.1, 0.15) is 12.8 Å². The van der Waals surface area contributed by atoms with Crippen LogP contribution in [0.15, 0.2) is 28.8 Å². The number of hydrogen-bond donors (Lipinski definition) is 1. The van der Waals surface area contributed by atoms with Crippen LogP contribution in [0.4, 0.5) is 0 Å². The Balaban J connectivity index is 1.94. The molecule has 1 atom stereocenters. The van der Waals surface area contributed by atoms with E-state index in [1.54, 1.807) is 18.9 Å². The highest BCUT2D eigenvalue weighted by molar-refractivity contribution is 7.98. The van der Waals surface area contributed by atoms with E-state index < -0.39 is 0 Å². The summed E-state index contributed by atoms with van der Waals surface area (Å²) in [5, 5.41) is 3.99. The standard InChI is InChI=1S/C14H19N3O2S/c1-10(7-15)8-20-9-13-16-14(17-19-13)11-3-5-12(18-2)6-4-11/h3-6,10H,7-9,15H2,1-2H3. The quantitative estimate of drug-likeness (QED) is 0.845. The number of nitrogens with zero attached hydrogens (tertiary/aromatic N) is 2. The molecule has 1 unspecified atom stereocenters. The third-order valence-corrected chi connectivity index (χ3v) is 4.10. The number of ether oxygens (including phenoxy) is 1. The summed E-state index contributed by atoms with van der Waals surface area (Å²) in [5.41, 5.74) is 6.50. The van der Waals surface area contributed by atoms with Crippen molar-refractivity contribution < 1.29 is 9.26 Å². The summed E-state index contributed by atoms with van der Waals surface area (Å²) in [5.74, 6) is 4.28. The van der Waals surface area contributed by atoms with E-state index in [0.29, 0.717) is 29.9 Å². The summed E-state index contributed by atoms with van der Waals surface area (Å²) < 4.78 is 10.4. The average Bonchev–Trinajstić information content (AvgIpc) is 2.96. The minimum atomic E-state index is 0.504. The highest BCUT2D eigenvalue weighted by Crippen LogP contribution is 2.21. The van der Waals surface area contributed by atoms with Crippen LogP contribution >= 0.6 is 11.8 Å². The van der Waals surface area contributed by atoms with Gasteiger partial charge in [-0.3, -0.25) is 0 Å². The zero-order chi connectivity index (χ0) is 14.4. The minimum absolute atomic E-state index is 0.504. The molecule has 0 radical (unpaired) electrons. The van der Waals surface area contributed by atoms with E-state index in [2.05, 4.69) is 17.1 Å². The first kappa shape index (κ1) is 14.9. The maximum Gasteiger partial charge on any atom is 0.236 e. The Labute approximate surface area is 122 Å². The number of methoxy groups -OCH3 is 1. The van der Waals surface area contributed by atoms with Crippen LogP contribution in [0.25, 0.3) is 11.4 Å². The Morgan fingerprint density at radius 3 is 2.75 bits per heavy atom. The van der Waals surface area contributed by atoms with Crippen molar-refractivity contribution in [2.75, 3.05) is 19.4 Å². The molecule has 2 N–H and O–H groups in total. The fraction of sp³-hybridized carbons (Fsp3) is 0.429. The highest BCUT2D eigenvalue weighted by Gasteiger charge is 2.09. The molecule has 0 aliphatic rings. The molecule has 5 nitrogen and oxygen atoms in total.